The zero-order chi connectivity index (χ0) is 39.5. The molecule has 1 aliphatic carbocycles. The average molecular weight is 758 g/mol. The summed E-state index contributed by atoms with van der Waals surface area (Å²) in [7, 11) is 0. The summed E-state index contributed by atoms with van der Waals surface area (Å²) in [4.78, 5) is 10.2. The molecule has 2 aliphatic rings. The molecule has 9 rings (SSSR count). The molecule has 4 heteroatoms. The SMILES string of the molecule is C=C/C(=C\C=C/C)c1cc(/C(C=C)=C/C)nc(-n2c3cc(-c4ccc5c(c4)Sc4ccccc4N5c4ccccc4)ccc3c3c4c(ccc32)C=CCC4)c1.CC. The first kappa shape index (κ1) is 37.6. The number of aryl methyl sites for hydroxylation is 1. The number of fused-ring (bicyclic) bond motifs is 7. The smallest absolute Gasteiger partial charge is 0.138 e. The molecule has 5 aromatic carbocycles. The van der Waals surface area contributed by atoms with E-state index in [0.717, 1.165) is 63.3 Å². The Hall–Kier alpha value is -6.36. The van der Waals surface area contributed by atoms with Crippen LogP contribution >= 0.6 is 11.8 Å². The highest BCUT2D eigenvalue weighted by molar-refractivity contribution is 7.99. The number of hydrogen-bond donors (Lipinski definition) is 0. The molecule has 3 nitrogen and oxygen atoms in total. The number of hydrogen-bond acceptors (Lipinski definition) is 3. The summed E-state index contributed by atoms with van der Waals surface area (Å²) in [6.07, 6.45) is 18.7. The molecule has 1 aliphatic heterocycles. The average Bonchev–Trinajstić information content (AvgIpc) is 3.61. The lowest BCUT2D eigenvalue weighted by Crippen LogP contribution is -2.14. The maximum Gasteiger partial charge on any atom is 0.138 e. The Morgan fingerprint density at radius 1 is 0.737 bits per heavy atom. The van der Waals surface area contributed by atoms with Crippen LogP contribution in [0, 0.1) is 0 Å². The fraction of sp³-hybridized carbons (Fsp3) is 0.113. The second-order valence-corrected chi connectivity index (χ2v) is 14.9. The van der Waals surface area contributed by atoms with Gasteiger partial charge in [0.05, 0.1) is 28.1 Å². The molecule has 0 amide bonds. The van der Waals surface area contributed by atoms with Crippen LogP contribution in [0.2, 0.25) is 0 Å². The molecule has 0 N–H and O–H groups in total. The quantitative estimate of drug-likeness (QED) is 0.144. The van der Waals surface area contributed by atoms with Gasteiger partial charge in [-0.2, -0.15) is 0 Å². The summed E-state index contributed by atoms with van der Waals surface area (Å²) >= 11 is 1.84. The summed E-state index contributed by atoms with van der Waals surface area (Å²) in [5, 5.41) is 2.54. The van der Waals surface area contributed by atoms with Crippen LogP contribution in [0.1, 0.15) is 56.5 Å². The van der Waals surface area contributed by atoms with Gasteiger partial charge < -0.3 is 4.90 Å². The van der Waals surface area contributed by atoms with Gasteiger partial charge in [0.15, 0.2) is 0 Å². The second-order valence-electron chi connectivity index (χ2n) is 13.9. The van der Waals surface area contributed by atoms with Crippen molar-refractivity contribution in [2.45, 2.75) is 50.3 Å². The van der Waals surface area contributed by atoms with E-state index in [-0.39, 0.29) is 0 Å². The van der Waals surface area contributed by atoms with E-state index in [4.69, 9.17) is 4.98 Å². The minimum atomic E-state index is 0.862. The highest BCUT2D eigenvalue weighted by Crippen LogP contribution is 2.52. The Morgan fingerprint density at radius 2 is 1.49 bits per heavy atom. The van der Waals surface area contributed by atoms with Crippen molar-refractivity contribution in [3.05, 3.63) is 193 Å². The fourth-order valence-electron chi connectivity index (χ4n) is 8.08. The van der Waals surface area contributed by atoms with E-state index in [1.54, 1.807) is 0 Å². The third-order valence-electron chi connectivity index (χ3n) is 10.7. The number of anilines is 3. The van der Waals surface area contributed by atoms with Crippen molar-refractivity contribution in [2.75, 3.05) is 4.90 Å². The minimum absolute atomic E-state index is 0.862. The predicted octanol–water partition coefficient (Wildman–Crippen LogP) is 15.5. The minimum Gasteiger partial charge on any atom is -0.308 e. The van der Waals surface area contributed by atoms with Crippen LogP contribution in [-0.2, 0) is 6.42 Å². The number of aromatic nitrogens is 2. The van der Waals surface area contributed by atoms with Crippen LogP contribution in [0.4, 0.5) is 17.1 Å². The van der Waals surface area contributed by atoms with Crippen molar-refractivity contribution in [3.8, 4) is 16.9 Å². The largest absolute Gasteiger partial charge is 0.308 e. The molecular formula is C53H47N3S. The summed E-state index contributed by atoms with van der Waals surface area (Å²) in [6, 6.07) is 42.1. The van der Waals surface area contributed by atoms with E-state index in [9.17, 15) is 0 Å². The summed E-state index contributed by atoms with van der Waals surface area (Å²) in [5.74, 6) is 0.862. The van der Waals surface area contributed by atoms with E-state index in [1.165, 1.54) is 48.6 Å². The maximum absolute atomic E-state index is 5.37. The van der Waals surface area contributed by atoms with E-state index in [1.807, 2.05) is 57.7 Å². The first-order chi connectivity index (χ1) is 28.1. The van der Waals surface area contributed by atoms with Gasteiger partial charge in [0.1, 0.15) is 5.82 Å². The normalized spacial score (nSPS) is 13.6. The van der Waals surface area contributed by atoms with E-state index < -0.39 is 0 Å². The Labute approximate surface area is 341 Å². The first-order valence-corrected chi connectivity index (χ1v) is 20.7. The van der Waals surface area contributed by atoms with Gasteiger partial charge in [-0.25, -0.2) is 4.98 Å². The van der Waals surface area contributed by atoms with Gasteiger partial charge >= 0.3 is 0 Å². The highest BCUT2D eigenvalue weighted by atomic mass is 32.2. The number of rotatable bonds is 8. The zero-order valence-electron chi connectivity index (χ0n) is 33.2. The lowest BCUT2D eigenvalue weighted by Gasteiger charge is -2.33. The third kappa shape index (κ3) is 6.81. The summed E-state index contributed by atoms with van der Waals surface area (Å²) in [5.41, 5.74) is 14.8. The van der Waals surface area contributed by atoms with Gasteiger partial charge in [0.25, 0.3) is 0 Å². The van der Waals surface area contributed by atoms with Crippen LogP contribution in [0.25, 0.3) is 56.0 Å². The van der Waals surface area contributed by atoms with E-state index in [2.05, 4.69) is 168 Å². The summed E-state index contributed by atoms with van der Waals surface area (Å²) in [6.45, 7) is 16.4. The van der Waals surface area contributed by atoms with E-state index >= 15 is 0 Å². The molecule has 0 atom stereocenters. The van der Waals surface area contributed by atoms with Gasteiger partial charge in [0, 0.05) is 26.3 Å². The monoisotopic (exact) mass is 757 g/mol. The van der Waals surface area contributed by atoms with Gasteiger partial charge in [-0.15, -0.1) is 0 Å². The topological polar surface area (TPSA) is 21.1 Å². The molecule has 0 fully saturated rings. The molecule has 0 bridgehead atoms. The van der Waals surface area contributed by atoms with Crippen LogP contribution in [0.5, 0.6) is 0 Å². The van der Waals surface area contributed by atoms with E-state index in [0.29, 0.717) is 0 Å². The van der Waals surface area contributed by atoms with Gasteiger partial charge in [0.2, 0.25) is 0 Å². The Bertz CT molecular complexity index is 2790. The molecule has 0 spiro atoms. The Kier molecular flexibility index (Phi) is 10.8. The number of benzene rings is 5. The fourth-order valence-corrected chi connectivity index (χ4v) is 9.17. The number of allylic oxidation sites excluding steroid dienone is 9. The van der Waals surface area contributed by atoms with Crippen LogP contribution < -0.4 is 4.90 Å². The summed E-state index contributed by atoms with van der Waals surface area (Å²) < 4.78 is 2.37. The Morgan fingerprint density at radius 3 is 2.28 bits per heavy atom. The zero-order valence-corrected chi connectivity index (χ0v) is 34.0. The third-order valence-corrected chi connectivity index (χ3v) is 11.8. The lowest BCUT2D eigenvalue weighted by molar-refractivity contribution is 0.996. The molecule has 0 saturated heterocycles. The van der Waals surface area contributed by atoms with Crippen molar-refractivity contribution >= 4 is 67.9 Å². The lowest BCUT2D eigenvalue weighted by atomic mass is 9.92. The van der Waals surface area contributed by atoms with Crippen molar-refractivity contribution in [2.24, 2.45) is 0 Å². The van der Waals surface area contributed by atoms with Crippen LogP contribution in [-0.4, -0.2) is 9.55 Å². The standard InChI is InChI=1S/C51H41N3S.C2H6/c1-5-9-17-35(8-4)39-30-43(34(6-2)7-3)52-50(33-39)54-46-29-25-36-18-13-14-21-41(36)51(46)42-27-24-37(31-47(42)54)38-26-28-45-49(32-38)55-48-23-16-15-22-44(48)53(45)40-19-11-10-12-20-40;1-2/h5-13,15-20,22-33H,2,4,14,21H2,1,3H3;1-2H3/b9-5-,34-7+,35-17+;. The molecular weight excluding hydrogens is 711 g/mol. The van der Waals surface area contributed by atoms with Crippen LogP contribution in [0.3, 0.4) is 0 Å². The molecule has 0 radical (unpaired) electrons. The highest BCUT2D eigenvalue weighted by Gasteiger charge is 2.26. The molecule has 57 heavy (non-hydrogen) atoms. The molecule has 7 aromatic rings. The van der Waals surface area contributed by atoms with Crippen molar-refractivity contribution in [1.29, 1.82) is 0 Å². The van der Waals surface area contributed by atoms with Gasteiger partial charge in [-0.1, -0.05) is 142 Å². The van der Waals surface area contributed by atoms with Crippen LogP contribution in [0.15, 0.2) is 181 Å². The second kappa shape index (κ2) is 16.4. The van der Waals surface area contributed by atoms with Gasteiger partial charge in [-0.05, 0) is 126 Å². The molecule has 2 aromatic heterocycles. The first-order valence-electron chi connectivity index (χ1n) is 19.9. The number of nitrogens with zero attached hydrogens (tertiary/aromatic N) is 3. The predicted molar refractivity (Wildman–Crippen MR) is 248 cm³/mol. The van der Waals surface area contributed by atoms with Crippen molar-refractivity contribution in [1.82, 2.24) is 9.55 Å². The molecule has 280 valence electrons. The molecule has 0 unspecified atom stereocenters. The Balaban J connectivity index is 0.00000224. The van der Waals surface area contributed by atoms with Crippen molar-refractivity contribution in [3.63, 3.8) is 0 Å². The number of para-hydroxylation sites is 2. The molecule has 0 saturated carbocycles. The molecule has 3 heterocycles. The number of pyridine rings is 1. The maximum atomic E-state index is 5.37. The van der Waals surface area contributed by atoms with Crippen molar-refractivity contribution < 1.29 is 0 Å². The van der Waals surface area contributed by atoms with Gasteiger partial charge in [-0.3, -0.25) is 4.57 Å².